The van der Waals surface area contributed by atoms with Gasteiger partial charge in [-0.1, -0.05) is 152 Å². The molecule has 0 N–H and O–H groups in total. The molecule has 0 saturated carbocycles. The van der Waals surface area contributed by atoms with Gasteiger partial charge in [0, 0.05) is 47.8 Å². The molecule has 3 aromatic heterocycles. The standard InChI is InChI=1S/C49H29N3S/c1-2-12-32(13-3-1)49-51-43(29-44(52-49)33-26-27-38-36-16-5-4-14-34(36)35-15-6-7-17-37(35)41(38)28-33)30-22-24-31(25-23-30)47-46-40-19-9-11-21-45(40)53-48(46)39-18-8-10-20-42(39)50-47/h1-29H. The minimum Gasteiger partial charge on any atom is -0.247 e. The molecule has 3 heterocycles. The van der Waals surface area contributed by atoms with Gasteiger partial charge in [-0.15, -0.1) is 11.3 Å². The van der Waals surface area contributed by atoms with Crippen LogP contribution in [0.4, 0.5) is 0 Å². The van der Waals surface area contributed by atoms with E-state index in [0.29, 0.717) is 5.82 Å². The van der Waals surface area contributed by atoms with Gasteiger partial charge in [-0.25, -0.2) is 15.0 Å². The van der Waals surface area contributed by atoms with Gasteiger partial charge in [0.2, 0.25) is 0 Å². The summed E-state index contributed by atoms with van der Waals surface area (Å²) in [4.78, 5) is 15.6. The third-order valence-corrected chi connectivity index (χ3v) is 11.7. The van der Waals surface area contributed by atoms with Gasteiger partial charge in [-0.05, 0) is 56.6 Å². The van der Waals surface area contributed by atoms with Crippen molar-refractivity contribution in [2.45, 2.75) is 0 Å². The molecule has 0 atom stereocenters. The van der Waals surface area contributed by atoms with Crippen molar-refractivity contribution < 1.29 is 0 Å². The molecule has 0 saturated heterocycles. The Morgan fingerprint density at radius 3 is 1.58 bits per heavy atom. The summed E-state index contributed by atoms with van der Waals surface area (Å²) in [7, 11) is 0. The summed E-state index contributed by atoms with van der Waals surface area (Å²) in [6.45, 7) is 0. The van der Waals surface area contributed by atoms with E-state index in [1.807, 2.05) is 29.5 Å². The molecular weight excluding hydrogens is 663 g/mol. The largest absolute Gasteiger partial charge is 0.247 e. The zero-order chi connectivity index (χ0) is 34.9. The van der Waals surface area contributed by atoms with E-state index in [0.717, 1.165) is 44.9 Å². The van der Waals surface area contributed by atoms with Crippen molar-refractivity contribution in [2.75, 3.05) is 0 Å². The highest BCUT2D eigenvalue weighted by Crippen LogP contribution is 2.43. The highest BCUT2D eigenvalue weighted by molar-refractivity contribution is 7.26. The third-order valence-electron chi connectivity index (χ3n) is 10.5. The first-order valence-corrected chi connectivity index (χ1v) is 18.7. The van der Waals surface area contributed by atoms with Gasteiger partial charge >= 0.3 is 0 Å². The Hall–Kier alpha value is -6.75. The molecule has 11 aromatic rings. The second-order valence-corrected chi connectivity index (χ2v) is 14.6. The van der Waals surface area contributed by atoms with Crippen molar-refractivity contribution in [1.82, 2.24) is 15.0 Å². The van der Waals surface area contributed by atoms with Crippen LogP contribution < -0.4 is 0 Å². The van der Waals surface area contributed by atoms with Gasteiger partial charge in [0.15, 0.2) is 5.82 Å². The van der Waals surface area contributed by atoms with Gasteiger partial charge in [-0.2, -0.15) is 0 Å². The Kier molecular flexibility index (Phi) is 6.73. The normalized spacial score (nSPS) is 11.8. The summed E-state index contributed by atoms with van der Waals surface area (Å²) in [6, 6.07) is 62.4. The van der Waals surface area contributed by atoms with Crippen LogP contribution in [0, 0.1) is 0 Å². The third kappa shape index (κ3) is 4.84. The van der Waals surface area contributed by atoms with Crippen LogP contribution in [0.15, 0.2) is 176 Å². The molecule has 246 valence electrons. The number of aromatic nitrogens is 3. The molecule has 53 heavy (non-hydrogen) atoms. The van der Waals surface area contributed by atoms with Gasteiger partial charge in [0.05, 0.1) is 22.6 Å². The smallest absolute Gasteiger partial charge is 0.160 e. The predicted octanol–water partition coefficient (Wildman–Crippen LogP) is 13.5. The molecule has 8 aromatic carbocycles. The molecule has 11 rings (SSSR count). The van der Waals surface area contributed by atoms with Gasteiger partial charge < -0.3 is 0 Å². The van der Waals surface area contributed by atoms with E-state index in [-0.39, 0.29) is 0 Å². The van der Waals surface area contributed by atoms with Crippen LogP contribution in [0.25, 0.3) is 109 Å². The Labute approximate surface area is 309 Å². The van der Waals surface area contributed by atoms with Crippen molar-refractivity contribution in [3.8, 4) is 45.2 Å². The molecule has 0 aliphatic carbocycles. The van der Waals surface area contributed by atoms with E-state index in [1.165, 1.54) is 57.9 Å². The lowest BCUT2D eigenvalue weighted by molar-refractivity contribution is 1.18. The molecule has 0 bridgehead atoms. The highest BCUT2D eigenvalue weighted by atomic mass is 32.1. The molecule has 4 heteroatoms. The molecule has 0 unspecified atom stereocenters. The number of hydrogen-bond donors (Lipinski definition) is 0. The summed E-state index contributed by atoms with van der Waals surface area (Å²) >= 11 is 1.84. The minimum atomic E-state index is 0.702. The highest BCUT2D eigenvalue weighted by Gasteiger charge is 2.17. The fourth-order valence-corrected chi connectivity index (χ4v) is 9.18. The van der Waals surface area contributed by atoms with E-state index in [4.69, 9.17) is 15.0 Å². The number of hydrogen-bond acceptors (Lipinski definition) is 4. The van der Waals surface area contributed by atoms with E-state index < -0.39 is 0 Å². The fraction of sp³-hybridized carbons (Fsp3) is 0. The van der Waals surface area contributed by atoms with Crippen LogP contribution in [-0.4, -0.2) is 15.0 Å². The number of rotatable bonds is 4. The lowest BCUT2D eigenvalue weighted by Gasteiger charge is -2.13. The summed E-state index contributed by atoms with van der Waals surface area (Å²) in [6.07, 6.45) is 0. The quantitative estimate of drug-likeness (QED) is 0.172. The molecule has 3 nitrogen and oxygen atoms in total. The fourth-order valence-electron chi connectivity index (χ4n) is 7.94. The van der Waals surface area contributed by atoms with E-state index in [1.54, 1.807) is 0 Å². The molecule has 0 radical (unpaired) electrons. The number of fused-ring (bicyclic) bond motifs is 11. The van der Waals surface area contributed by atoms with Crippen LogP contribution in [-0.2, 0) is 0 Å². The van der Waals surface area contributed by atoms with Crippen molar-refractivity contribution in [1.29, 1.82) is 0 Å². The van der Waals surface area contributed by atoms with Gasteiger partial charge in [-0.3, -0.25) is 0 Å². The second-order valence-electron chi connectivity index (χ2n) is 13.5. The number of thiophene rings is 1. The second kappa shape index (κ2) is 11.9. The first-order valence-electron chi connectivity index (χ1n) is 17.9. The summed E-state index contributed by atoms with van der Waals surface area (Å²) < 4.78 is 2.55. The first-order chi connectivity index (χ1) is 26.3. The number of nitrogens with zero attached hydrogens (tertiary/aromatic N) is 3. The minimum absolute atomic E-state index is 0.702. The summed E-state index contributed by atoms with van der Waals surface area (Å²) in [5.41, 5.74) is 7.93. The van der Waals surface area contributed by atoms with Crippen molar-refractivity contribution in [2.24, 2.45) is 0 Å². The molecule has 0 fully saturated rings. The summed E-state index contributed by atoms with van der Waals surface area (Å²) in [5.74, 6) is 0.702. The lowest BCUT2D eigenvalue weighted by Crippen LogP contribution is -1.96. The zero-order valence-electron chi connectivity index (χ0n) is 28.5. The zero-order valence-corrected chi connectivity index (χ0v) is 29.3. The topological polar surface area (TPSA) is 38.7 Å². The van der Waals surface area contributed by atoms with E-state index >= 15 is 0 Å². The average molecular weight is 692 g/mol. The molecular formula is C49H29N3S. The average Bonchev–Trinajstić information content (AvgIpc) is 3.64. The van der Waals surface area contributed by atoms with E-state index in [9.17, 15) is 0 Å². The Balaban J connectivity index is 1.08. The van der Waals surface area contributed by atoms with Crippen molar-refractivity contribution in [3.63, 3.8) is 0 Å². The SMILES string of the molecule is c1ccc(-c2nc(-c3ccc(-c4nc5ccccc5c5sc6ccccc6c45)cc3)cc(-c3ccc4c5ccccc5c5ccccc5c4c3)n2)cc1. The van der Waals surface area contributed by atoms with Gasteiger partial charge in [0.1, 0.15) is 0 Å². The lowest BCUT2D eigenvalue weighted by atomic mass is 9.92. The number of pyridine rings is 1. The monoisotopic (exact) mass is 691 g/mol. The maximum absolute atomic E-state index is 5.25. The van der Waals surface area contributed by atoms with Gasteiger partial charge in [0.25, 0.3) is 0 Å². The maximum Gasteiger partial charge on any atom is 0.160 e. The van der Waals surface area contributed by atoms with Crippen LogP contribution in [0.3, 0.4) is 0 Å². The van der Waals surface area contributed by atoms with E-state index in [2.05, 4.69) is 158 Å². The summed E-state index contributed by atoms with van der Waals surface area (Å²) in [5, 5.41) is 11.1. The Morgan fingerprint density at radius 1 is 0.340 bits per heavy atom. The maximum atomic E-state index is 5.25. The molecule has 0 aliphatic heterocycles. The Bertz CT molecular complexity index is 3180. The molecule has 0 amide bonds. The van der Waals surface area contributed by atoms with Crippen LogP contribution in [0.2, 0.25) is 0 Å². The molecule has 0 spiro atoms. The van der Waals surface area contributed by atoms with Crippen LogP contribution in [0.1, 0.15) is 0 Å². The Morgan fingerprint density at radius 2 is 0.868 bits per heavy atom. The molecule has 0 aliphatic rings. The first kappa shape index (κ1) is 29.9. The van der Waals surface area contributed by atoms with Crippen LogP contribution >= 0.6 is 11.3 Å². The predicted molar refractivity (Wildman–Crippen MR) is 224 cm³/mol. The number of benzene rings is 8. The van der Waals surface area contributed by atoms with Crippen molar-refractivity contribution in [3.05, 3.63) is 176 Å². The van der Waals surface area contributed by atoms with Crippen LogP contribution in [0.5, 0.6) is 0 Å². The number of para-hydroxylation sites is 1. The van der Waals surface area contributed by atoms with Crippen molar-refractivity contribution >= 4 is 74.7 Å².